The average Bonchev–Trinajstić information content (AvgIpc) is 3.04. The molecule has 0 spiro atoms. The number of imide groups is 1. The first-order valence-electron chi connectivity index (χ1n) is 15.5. The maximum atomic E-state index is 12.7. The largest absolute Gasteiger partial charge is 0.379 e. The number of hydrogen-bond donors (Lipinski definition) is 3. The molecule has 13 heteroatoms. The van der Waals surface area contributed by atoms with Crippen molar-refractivity contribution < 1.29 is 42.9 Å². The van der Waals surface area contributed by atoms with Gasteiger partial charge in [-0.1, -0.05) is 38.1 Å². The van der Waals surface area contributed by atoms with Gasteiger partial charge in [-0.3, -0.25) is 28.9 Å². The van der Waals surface area contributed by atoms with Crippen molar-refractivity contribution in [3.05, 3.63) is 54.6 Å². The highest BCUT2D eigenvalue weighted by Gasteiger charge is 2.24. The van der Waals surface area contributed by atoms with Crippen molar-refractivity contribution in [3.63, 3.8) is 0 Å². The number of hydrogen-bond acceptors (Lipinski definition) is 9. The SMILES string of the molecule is C=CCCc1ccc(NC(=O)CNC(=O)C(NC(=O)CCOCCOCCOCCOCCN(C=O)C(=O)/C=C\C)C(C)C)cc1. The minimum atomic E-state index is -0.795. The summed E-state index contributed by atoms with van der Waals surface area (Å²) in [4.78, 5) is 60.9. The Bertz CT molecular complexity index is 1090. The number of nitrogens with one attached hydrogen (secondary N) is 3. The first kappa shape index (κ1) is 40.1. The van der Waals surface area contributed by atoms with E-state index in [1.165, 1.54) is 6.08 Å². The minimum Gasteiger partial charge on any atom is -0.379 e. The van der Waals surface area contributed by atoms with E-state index < -0.39 is 17.9 Å². The molecule has 0 aromatic heterocycles. The van der Waals surface area contributed by atoms with Crippen LogP contribution >= 0.6 is 0 Å². The van der Waals surface area contributed by atoms with Crippen molar-refractivity contribution >= 4 is 35.7 Å². The number of ether oxygens (including phenoxy) is 4. The molecule has 0 heterocycles. The number of anilines is 1. The zero-order chi connectivity index (χ0) is 34.0. The minimum absolute atomic E-state index is 0.0664. The molecule has 1 unspecified atom stereocenters. The van der Waals surface area contributed by atoms with E-state index in [0.717, 1.165) is 23.3 Å². The Morgan fingerprint density at radius 1 is 0.870 bits per heavy atom. The van der Waals surface area contributed by atoms with Gasteiger partial charge in [0.25, 0.3) is 5.91 Å². The van der Waals surface area contributed by atoms with Gasteiger partial charge in [0.2, 0.25) is 24.1 Å². The highest BCUT2D eigenvalue weighted by molar-refractivity contribution is 5.96. The van der Waals surface area contributed by atoms with Gasteiger partial charge in [-0.15, -0.1) is 6.58 Å². The van der Waals surface area contributed by atoms with E-state index in [1.54, 1.807) is 13.0 Å². The lowest BCUT2D eigenvalue weighted by Gasteiger charge is -2.21. The molecule has 46 heavy (non-hydrogen) atoms. The first-order valence-corrected chi connectivity index (χ1v) is 15.5. The lowest BCUT2D eigenvalue weighted by atomic mass is 10.0. The summed E-state index contributed by atoms with van der Waals surface area (Å²) < 4.78 is 21.6. The average molecular weight is 647 g/mol. The van der Waals surface area contributed by atoms with E-state index in [4.69, 9.17) is 18.9 Å². The van der Waals surface area contributed by atoms with Crippen LogP contribution in [0.2, 0.25) is 0 Å². The van der Waals surface area contributed by atoms with Gasteiger partial charge < -0.3 is 34.9 Å². The number of carbonyl (C=O) groups excluding carboxylic acids is 5. The van der Waals surface area contributed by atoms with Gasteiger partial charge in [-0.05, 0) is 49.5 Å². The highest BCUT2D eigenvalue weighted by atomic mass is 16.6. The molecular formula is C33H50N4O9. The molecule has 0 aliphatic rings. The van der Waals surface area contributed by atoms with E-state index in [1.807, 2.05) is 44.2 Å². The number of aryl methyl sites for hydroxylation is 1. The fourth-order valence-corrected chi connectivity index (χ4v) is 3.83. The summed E-state index contributed by atoms with van der Waals surface area (Å²) in [7, 11) is 0. The number of amides is 5. The lowest BCUT2D eigenvalue weighted by molar-refractivity contribution is -0.135. The molecule has 1 rings (SSSR count). The highest BCUT2D eigenvalue weighted by Crippen LogP contribution is 2.11. The topological polar surface area (TPSA) is 162 Å². The number of allylic oxidation sites excluding steroid dienone is 2. The van der Waals surface area contributed by atoms with Gasteiger partial charge in [0.05, 0.1) is 65.9 Å². The van der Waals surface area contributed by atoms with Crippen molar-refractivity contribution in [2.45, 2.75) is 46.1 Å². The van der Waals surface area contributed by atoms with Crippen LogP contribution in [0.5, 0.6) is 0 Å². The Labute approximate surface area is 272 Å². The van der Waals surface area contributed by atoms with E-state index in [-0.39, 0.29) is 57.1 Å². The monoisotopic (exact) mass is 646 g/mol. The molecule has 0 aliphatic heterocycles. The number of nitrogens with zero attached hydrogens (tertiary/aromatic N) is 1. The summed E-state index contributed by atoms with van der Waals surface area (Å²) in [5.74, 6) is -1.73. The summed E-state index contributed by atoms with van der Waals surface area (Å²) >= 11 is 0. The van der Waals surface area contributed by atoms with Gasteiger partial charge in [0.15, 0.2) is 0 Å². The number of carbonyl (C=O) groups is 5. The maximum Gasteiger partial charge on any atom is 0.252 e. The molecule has 1 atom stereocenters. The smallest absolute Gasteiger partial charge is 0.252 e. The summed E-state index contributed by atoms with van der Waals surface area (Å²) in [6.07, 6.45) is 7.02. The van der Waals surface area contributed by atoms with Crippen molar-refractivity contribution in [1.29, 1.82) is 0 Å². The second kappa shape index (κ2) is 25.3. The van der Waals surface area contributed by atoms with Gasteiger partial charge in [-0.25, -0.2) is 0 Å². The second-order valence-corrected chi connectivity index (χ2v) is 10.4. The van der Waals surface area contributed by atoms with E-state index in [0.29, 0.717) is 45.1 Å². The molecule has 3 N–H and O–H groups in total. The van der Waals surface area contributed by atoms with E-state index in [9.17, 15) is 24.0 Å². The fraction of sp³-hybridized carbons (Fsp3) is 0.545. The molecular weight excluding hydrogens is 596 g/mol. The zero-order valence-electron chi connectivity index (χ0n) is 27.3. The second-order valence-electron chi connectivity index (χ2n) is 10.4. The van der Waals surface area contributed by atoms with Crippen LogP contribution < -0.4 is 16.0 Å². The van der Waals surface area contributed by atoms with Gasteiger partial charge in [0, 0.05) is 12.1 Å². The van der Waals surface area contributed by atoms with Gasteiger partial charge >= 0.3 is 0 Å². The standard InChI is InChI=1S/C33H50N4O9/c1-5-7-9-27-10-12-28(13-11-27)35-30(40)24-34-33(42)32(26(3)4)36-29(39)14-16-43-18-20-45-22-23-46-21-19-44-17-15-37(25-38)31(41)8-6-2/h5-6,8,10-13,25-26,32H,1,7,9,14-24H2,2-4H3,(H,34,42)(H,35,40)(H,36,39)/b8-6-. The quantitative estimate of drug-likeness (QED) is 0.0592. The van der Waals surface area contributed by atoms with E-state index in [2.05, 4.69) is 22.5 Å². The number of rotatable bonds is 26. The zero-order valence-corrected chi connectivity index (χ0v) is 27.3. The molecule has 0 aliphatic carbocycles. The third-order valence-corrected chi connectivity index (χ3v) is 6.35. The van der Waals surface area contributed by atoms with Crippen molar-refractivity contribution in [3.8, 4) is 0 Å². The predicted molar refractivity (Wildman–Crippen MR) is 174 cm³/mol. The maximum absolute atomic E-state index is 12.7. The van der Waals surface area contributed by atoms with Gasteiger partial charge in [-0.2, -0.15) is 0 Å². The van der Waals surface area contributed by atoms with Crippen molar-refractivity contribution in [2.24, 2.45) is 5.92 Å². The molecule has 0 saturated carbocycles. The van der Waals surface area contributed by atoms with Crippen LogP contribution in [-0.2, 0) is 49.3 Å². The molecule has 0 radical (unpaired) electrons. The molecule has 0 bridgehead atoms. The Morgan fingerprint density at radius 3 is 2.00 bits per heavy atom. The third kappa shape index (κ3) is 18.8. The van der Waals surface area contributed by atoms with Crippen LogP contribution in [0, 0.1) is 5.92 Å². The summed E-state index contributed by atoms with van der Waals surface area (Å²) in [5, 5.41) is 8.05. The molecule has 5 amide bonds. The molecule has 0 fully saturated rings. The van der Waals surface area contributed by atoms with Crippen LogP contribution in [-0.4, -0.2) is 107 Å². The Kier molecular flexibility index (Phi) is 22.1. The van der Waals surface area contributed by atoms with Crippen LogP contribution in [0.25, 0.3) is 0 Å². The molecule has 1 aromatic carbocycles. The summed E-state index contributed by atoms with van der Waals surface area (Å²) in [6.45, 7) is 11.3. The summed E-state index contributed by atoms with van der Waals surface area (Å²) in [6, 6.07) is 6.69. The number of benzene rings is 1. The Morgan fingerprint density at radius 2 is 1.46 bits per heavy atom. The Balaban J connectivity index is 2.12. The summed E-state index contributed by atoms with van der Waals surface area (Å²) in [5.41, 5.74) is 1.77. The molecule has 1 aromatic rings. The van der Waals surface area contributed by atoms with Crippen molar-refractivity contribution in [2.75, 3.05) is 71.3 Å². The predicted octanol–water partition coefficient (Wildman–Crippen LogP) is 2.02. The lowest BCUT2D eigenvalue weighted by Crippen LogP contribution is -2.51. The van der Waals surface area contributed by atoms with E-state index >= 15 is 0 Å². The van der Waals surface area contributed by atoms with Crippen LogP contribution in [0.4, 0.5) is 5.69 Å². The molecule has 13 nitrogen and oxygen atoms in total. The van der Waals surface area contributed by atoms with Crippen molar-refractivity contribution in [1.82, 2.24) is 15.5 Å². The van der Waals surface area contributed by atoms with Gasteiger partial charge in [0.1, 0.15) is 6.04 Å². The first-order chi connectivity index (χ1) is 22.2. The van der Waals surface area contributed by atoms with Crippen LogP contribution in [0.1, 0.15) is 39.2 Å². The van der Waals surface area contributed by atoms with Crippen LogP contribution in [0.3, 0.4) is 0 Å². The third-order valence-electron chi connectivity index (χ3n) is 6.35. The van der Waals surface area contributed by atoms with Crippen LogP contribution in [0.15, 0.2) is 49.1 Å². The Hall–Kier alpha value is -3.91. The molecule has 0 saturated heterocycles. The molecule has 256 valence electrons. The fourth-order valence-electron chi connectivity index (χ4n) is 3.83. The normalized spacial score (nSPS) is 11.7.